The number of hydrogen-bond acceptors (Lipinski definition) is 5. The summed E-state index contributed by atoms with van der Waals surface area (Å²) in [5.41, 5.74) is 0.983. The van der Waals surface area contributed by atoms with Gasteiger partial charge < -0.3 is 10.6 Å². The number of guanidine groups is 1. The minimum atomic E-state index is -0.217. The second-order valence-corrected chi connectivity index (χ2v) is 4.74. The number of aliphatic imine (C=N–C) groups is 1. The molecule has 2 aliphatic rings. The molecule has 0 bridgehead atoms. The Morgan fingerprint density at radius 2 is 1.90 bits per heavy atom. The van der Waals surface area contributed by atoms with Crippen molar-refractivity contribution in [1.29, 1.82) is 0 Å². The van der Waals surface area contributed by atoms with Crippen LogP contribution in [0.25, 0.3) is 0 Å². The number of fused-ring (bicyclic) bond motifs is 1. The molecule has 0 spiro atoms. The lowest BCUT2D eigenvalue weighted by molar-refractivity contribution is 0.0657. The Balaban J connectivity index is 1.61. The monoisotopic (exact) mass is 272 g/mol. The molecule has 2 N–H and O–H groups in total. The van der Waals surface area contributed by atoms with Gasteiger partial charge in [0.15, 0.2) is 5.96 Å². The van der Waals surface area contributed by atoms with Crippen LogP contribution in [-0.2, 0) is 0 Å². The summed E-state index contributed by atoms with van der Waals surface area (Å²) < 4.78 is 0. The van der Waals surface area contributed by atoms with E-state index in [1.165, 1.54) is 4.90 Å². The molecule has 0 saturated carbocycles. The van der Waals surface area contributed by atoms with Crippen LogP contribution in [0.2, 0.25) is 0 Å². The lowest BCUT2D eigenvalue weighted by Crippen LogP contribution is -2.44. The van der Waals surface area contributed by atoms with E-state index < -0.39 is 0 Å². The number of benzene rings is 1. The Morgan fingerprint density at radius 3 is 2.50 bits per heavy atom. The van der Waals surface area contributed by atoms with Crippen LogP contribution in [0, 0.1) is 0 Å². The van der Waals surface area contributed by atoms with Crippen LogP contribution in [-0.4, -0.2) is 48.9 Å². The van der Waals surface area contributed by atoms with Gasteiger partial charge in [-0.05, 0) is 18.6 Å². The van der Waals surface area contributed by atoms with Crippen LogP contribution in [0.3, 0.4) is 0 Å². The van der Waals surface area contributed by atoms with Crippen molar-refractivity contribution in [3.8, 4) is 0 Å². The van der Waals surface area contributed by atoms with Crippen molar-refractivity contribution in [3.63, 3.8) is 0 Å². The average Bonchev–Trinajstić information content (AvgIpc) is 2.74. The first-order chi connectivity index (χ1) is 9.77. The molecule has 2 aliphatic heterocycles. The third kappa shape index (κ3) is 2.24. The zero-order valence-electron chi connectivity index (χ0n) is 11.1. The van der Waals surface area contributed by atoms with Gasteiger partial charge in [-0.15, -0.1) is 0 Å². The highest BCUT2D eigenvalue weighted by Crippen LogP contribution is 2.21. The van der Waals surface area contributed by atoms with Crippen molar-refractivity contribution in [2.45, 2.75) is 6.42 Å². The zero-order chi connectivity index (χ0) is 13.9. The predicted octanol–water partition coefficient (Wildman–Crippen LogP) is 0.221. The molecule has 0 saturated heterocycles. The van der Waals surface area contributed by atoms with E-state index in [0.717, 1.165) is 25.5 Å². The summed E-state index contributed by atoms with van der Waals surface area (Å²) in [6, 6.07) is 6.92. The fourth-order valence-electron chi connectivity index (χ4n) is 2.38. The molecule has 104 valence electrons. The second-order valence-electron chi connectivity index (χ2n) is 4.74. The van der Waals surface area contributed by atoms with E-state index in [2.05, 4.69) is 15.6 Å². The molecule has 0 aromatic heterocycles. The normalized spacial score (nSPS) is 17.6. The standard InChI is InChI=1S/C14H16N4O2/c19-12-10-4-1-2-5-11(10)13(20)18(12)9-8-17-14-15-6-3-7-16-14/h1-2,4-5H,3,6-9H2,(H2,15,16,17). The number of nitrogens with zero attached hydrogens (tertiary/aromatic N) is 2. The number of amides is 2. The van der Waals surface area contributed by atoms with Crippen LogP contribution in [0.1, 0.15) is 27.1 Å². The molecule has 0 unspecified atom stereocenters. The van der Waals surface area contributed by atoms with E-state index in [9.17, 15) is 9.59 Å². The van der Waals surface area contributed by atoms with Crippen LogP contribution >= 0.6 is 0 Å². The molecule has 20 heavy (non-hydrogen) atoms. The van der Waals surface area contributed by atoms with Gasteiger partial charge in [0.2, 0.25) is 0 Å². The number of hydrogen-bond donors (Lipinski definition) is 2. The van der Waals surface area contributed by atoms with Crippen molar-refractivity contribution < 1.29 is 9.59 Å². The van der Waals surface area contributed by atoms with E-state index in [4.69, 9.17) is 0 Å². The summed E-state index contributed by atoms with van der Waals surface area (Å²) in [5.74, 6) is 0.310. The summed E-state index contributed by atoms with van der Waals surface area (Å²) in [7, 11) is 0. The Hall–Kier alpha value is -2.37. The summed E-state index contributed by atoms with van der Waals surface area (Å²) >= 11 is 0. The molecule has 3 rings (SSSR count). The quantitative estimate of drug-likeness (QED) is 0.772. The van der Waals surface area contributed by atoms with Crippen LogP contribution < -0.4 is 10.6 Å². The van der Waals surface area contributed by atoms with E-state index in [0.29, 0.717) is 24.2 Å². The number of nitrogens with one attached hydrogen (secondary N) is 2. The fraction of sp³-hybridized carbons (Fsp3) is 0.357. The van der Waals surface area contributed by atoms with E-state index in [-0.39, 0.29) is 11.8 Å². The molecule has 2 amide bonds. The molecule has 6 nitrogen and oxygen atoms in total. The molecule has 0 atom stereocenters. The lowest BCUT2D eigenvalue weighted by atomic mass is 10.1. The van der Waals surface area contributed by atoms with Gasteiger partial charge >= 0.3 is 0 Å². The van der Waals surface area contributed by atoms with Crippen molar-refractivity contribution >= 4 is 17.8 Å². The number of imide groups is 1. The smallest absolute Gasteiger partial charge is 0.261 e. The number of carbonyl (C=O) groups is 2. The summed E-state index contributed by atoms with van der Waals surface area (Å²) in [5, 5.41) is 6.24. The van der Waals surface area contributed by atoms with Crippen LogP contribution in [0.5, 0.6) is 0 Å². The minimum absolute atomic E-state index is 0.217. The van der Waals surface area contributed by atoms with E-state index >= 15 is 0 Å². The van der Waals surface area contributed by atoms with E-state index in [1.807, 2.05) is 0 Å². The Bertz CT molecular complexity index is 547. The SMILES string of the molecule is O=C1c2ccccc2C(=O)N1CCNC1=NCCCN1. The van der Waals surface area contributed by atoms with Gasteiger partial charge in [-0.25, -0.2) is 0 Å². The maximum atomic E-state index is 12.1. The van der Waals surface area contributed by atoms with Gasteiger partial charge in [0.05, 0.1) is 11.1 Å². The molecular formula is C14H16N4O2. The molecule has 1 aromatic rings. The Labute approximate surface area is 116 Å². The maximum Gasteiger partial charge on any atom is 0.261 e. The molecule has 6 heteroatoms. The maximum absolute atomic E-state index is 12.1. The van der Waals surface area contributed by atoms with Crippen molar-refractivity contribution in [1.82, 2.24) is 15.5 Å². The highest BCUT2D eigenvalue weighted by molar-refractivity contribution is 6.21. The average molecular weight is 272 g/mol. The van der Waals surface area contributed by atoms with Crippen LogP contribution in [0.15, 0.2) is 29.3 Å². The molecular weight excluding hydrogens is 256 g/mol. The predicted molar refractivity (Wildman–Crippen MR) is 74.7 cm³/mol. The highest BCUT2D eigenvalue weighted by atomic mass is 16.2. The second kappa shape index (κ2) is 5.32. The fourth-order valence-corrected chi connectivity index (χ4v) is 2.38. The van der Waals surface area contributed by atoms with Crippen LogP contribution in [0.4, 0.5) is 0 Å². The first-order valence-corrected chi connectivity index (χ1v) is 6.75. The van der Waals surface area contributed by atoms with Crippen molar-refractivity contribution in [2.24, 2.45) is 4.99 Å². The van der Waals surface area contributed by atoms with Gasteiger partial charge in [0.1, 0.15) is 0 Å². The highest BCUT2D eigenvalue weighted by Gasteiger charge is 2.34. The minimum Gasteiger partial charge on any atom is -0.356 e. The lowest BCUT2D eigenvalue weighted by Gasteiger charge is -2.18. The topological polar surface area (TPSA) is 73.8 Å². The van der Waals surface area contributed by atoms with Gasteiger partial charge in [-0.1, -0.05) is 12.1 Å². The third-order valence-corrected chi connectivity index (χ3v) is 3.40. The van der Waals surface area contributed by atoms with Gasteiger partial charge in [0.25, 0.3) is 11.8 Å². The van der Waals surface area contributed by atoms with Crippen molar-refractivity contribution in [3.05, 3.63) is 35.4 Å². The van der Waals surface area contributed by atoms with Gasteiger partial charge in [-0.2, -0.15) is 0 Å². The molecule has 2 heterocycles. The van der Waals surface area contributed by atoms with Gasteiger partial charge in [-0.3, -0.25) is 19.5 Å². The zero-order valence-corrected chi connectivity index (χ0v) is 11.1. The van der Waals surface area contributed by atoms with Gasteiger partial charge in [0, 0.05) is 26.2 Å². The van der Waals surface area contributed by atoms with Crippen molar-refractivity contribution in [2.75, 3.05) is 26.2 Å². The molecule has 0 fully saturated rings. The summed E-state index contributed by atoms with van der Waals surface area (Å²) in [6.45, 7) is 2.55. The third-order valence-electron chi connectivity index (χ3n) is 3.40. The first kappa shape index (κ1) is 12.7. The Kier molecular flexibility index (Phi) is 3.37. The molecule has 1 aromatic carbocycles. The molecule has 0 aliphatic carbocycles. The summed E-state index contributed by atoms with van der Waals surface area (Å²) in [4.78, 5) is 29.8. The van der Waals surface area contributed by atoms with E-state index in [1.54, 1.807) is 24.3 Å². The Morgan fingerprint density at radius 1 is 1.20 bits per heavy atom. The first-order valence-electron chi connectivity index (χ1n) is 6.75. The summed E-state index contributed by atoms with van der Waals surface area (Å²) in [6.07, 6.45) is 1.03. The molecule has 0 radical (unpaired) electrons. The number of carbonyl (C=O) groups excluding carboxylic acids is 2. The number of rotatable bonds is 3. The largest absolute Gasteiger partial charge is 0.356 e.